The van der Waals surface area contributed by atoms with Crippen LogP contribution in [0.15, 0.2) is 41.5 Å². The van der Waals surface area contributed by atoms with Crippen molar-refractivity contribution in [3.63, 3.8) is 0 Å². The first kappa shape index (κ1) is 25.8. The molecule has 0 aromatic heterocycles. The van der Waals surface area contributed by atoms with Crippen LogP contribution < -0.4 is 0 Å². The summed E-state index contributed by atoms with van der Waals surface area (Å²) < 4.78 is 5.22. The third-order valence-electron chi connectivity index (χ3n) is 9.67. The number of nitrogens with zero attached hydrogens (tertiary/aromatic N) is 1. The molecule has 0 spiro atoms. The molecular formula is C28H30ClNO7. The van der Waals surface area contributed by atoms with Crippen LogP contribution in [0.1, 0.15) is 69.2 Å². The van der Waals surface area contributed by atoms with Crippen LogP contribution in [0.25, 0.3) is 0 Å². The van der Waals surface area contributed by atoms with E-state index in [-0.39, 0.29) is 39.3 Å². The third kappa shape index (κ3) is 3.87. The molecule has 37 heavy (non-hydrogen) atoms. The van der Waals surface area contributed by atoms with Gasteiger partial charge in [0.1, 0.15) is 5.60 Å². The molecule has 1 aromatic rings. The van der Waals surface area contributed by atoms with Gasteiger partial charge < -0.3 is 9.84 Å². The van der Waals surface area contributed by atoms with Crippen molar-refractivity contribution in [2.24, 2.45) is 22.7 Å². The monoisotopic (exact) mass is 527 g/mol. The Bertz CT molecular complexity index is 1290. The zero-order valence-electron chi connectivity index (χ0n) is 20.9. The molecule has 2 saturated carbocycles. The normalized spacial score (nSPS) is 34.4. The van der Waals surface area contributed by atoms with E-state index in [1.807, 2.05) is 13.0 Å². The Hall–Kier alpha value is -2.84. The topological polar surface area (TPSA) is 124 Å². The second-order valence-corrected chi connectivity index (χ2v) is 11.7. The highest BCUT2D eigenvalue weighted by atomic mass is 35.5. The van der Waals surface area contributed by atoms with Crippen LogP contribution in [0.3, 0.4) is 0 Å². The van der Waals surface area contributed by atoms with Crippen LogP contribution in [-0.4, -0.2) is 39.8 Å². The van der Waals surface area contributed by atoms with Gasteiger partial charge in [-0.2, -0.15) is 0 Å². The number of Topliss-reactive ketones (excluding diaryl/α,β-unsaturated/α-hetero) is 1. The molecule has 5 atom stereocenters. The minimum Gasteiger partial charge on any atom is -0.454 e. The second-order valence-electron chi connectivity index (χ2n) is 11.3. The summed E-state index contributed by atoms with van der Waals surface area (Å²) >= 11 is 6.02. The first-order chi connectivity index (χ1) is 17.4. The smallest absolute Gasteiger partial charge is 0.340 e. The van der Waals surface area contributed by atoms with Gasteiger partial charge in [-0.3, -0.25) is 19.7 Å². The Morgan fingerprint density at radius 2 is 1.97 bits per heavy atom. The lowest BCUT2D eigenvalue weighted by atomic mass is 9.50. The molecule has 1 aromatic carbocycles. The minimum atomic E-state index is -1.64. The average Bonchev–Trinajstić information content (AvgIpc) is 3.14. The van der Waals surface area contributed by atoms with Gasteiger partial charge in [-0.25, -0.2) is 4.79 Å². The van der Waals surface area contributed by atoms with E-state index in [0.29, 0.717) is 25.7 Å². The molecule has 2 fully saturated rings. The van der Waals surface area contributed by atoms with Crippen molar-refractivity contribution in [3.05, 3.63) is 62.2 Å². The van der Waals surface area contributed by atoms with Gasteiger partial charge in [-0.05, 0) is 62.5 Å². The van der Waals surface area contributed by atoms with Gasteiger partial charge in [0.05, 0.1) is 15.5 Å². The van der Waals surface area contributed by atoms with Crippen molar-refractivity contribution in [1.82, 2.24) is 0 Å². The van der Waals surface area contributed by atoms with E-state index in [1.165, 1.54) is 17.2 Å². The van der Waals surface area contributed by atoms with Crippen molar-refractivity contribution in [1.29, 1.82) is 0 Å². The fraction of sp³-hybridized carbons (Fsp3) is 0.536. The van der Waals surface area contributed by atoms with Gasteiger partial charge in [0.25, 0.3) is 5.69 Å². The fourth-order valence-electron chi connectivity index (χ4n) is 7.44. The van der Waals surface area contributed by atoms with Gasteiger partial charge in [0.15, 0.2) is 12.4 Å². The number of nitro groups is 1. The maximum atomic E-state index is 13.4. The van der Waals surface area contributed by atoms with E-state index in [2.05, 4.69) is 13.0 Å². The van der Waals surface area contributed by atoms with Gasteiger partial charge in [-0.15, -0.1) is 0 Å². The summed E-state index contributed by atoms with van der Waals surface area (Å²) in [5.74, 6) is -0.896. The van der Waals surface area contributed by atoms with Crippen LogP contribution in [0.2, 0.25) is 5.02 Å². The van der Waals surface area contributed by atoms with E-state index in [0.717, 1.165) is 31.4 Å². The highest BCUT2D eigenvalue weighted by Gasteiger charge is 2.64. The van der Waals surface area contributed by atoms with Crippen molar-refractivity contribution < 1.29 is 29.2 Å². The molecule has 5 rings (SSSR count). The zero-order chi connectivity index (χ0) is 26.8. The fourth-order valence-corrected chi connectivity index (χ4v) is 7.69. The summed E-state index contributed by atoms with van der Waals surface area (Å²) in [7, 11) is 0. The number of carbonyl (C=O) groups is 3. The highest BCUT2D eigenvalue weighted by Crippen LogP contribution is 2.65. The first-order valence-electron chi connectivity index (χ1n) is 12.7. The third-order valence-corrected chi connectivity index (χ3v) is 9.98. The number of fused-ring (bicyclic) bond motifs is 5. The predicted octanol–water partition coefficient (Wildman–Crippen LogP) is 5.16. The number of allylic oxidation sites excluding steroid dienone is 4. The van der Waals surface area contributed by atoms with E-state index in [1.54, 1.807) is 0 Å². The summed E-state index contributed by atoms with van der Waals surface area (Å²) in [6, 6.07) is 3.38. The summed E-state index contributed by atoms with van der Waals surface area (Å²) in [6.45, 7) is 3.57. The predicted molar refractivity (Wildman–Crippen MR) is 135 cm³/mol. The minimum absolute atomic E-state index is 0.0851. The number of nitro benzene ring substituents is 1. The van der Waals surface area contributed by atoms with Crippen LogP contribution >= 0.6 is 11.6 Å². The summed E-state index contributed by atoms with van der Waals surface area (Å²) in [5.41, 5.74) is -0.274. The quantitative estimate of drug-likeness (QED) is 0.243. The number of ketones is 2. The lowest BCUT2D eigenvalue weighted by Gasteiger charge is -2.54. The van der Waals surface area contributed by atoms with Crippen LogP contribution in [0.5, 0.6) is 0 Å². The van der Waals surface area contributed by atoms with Crippen LogP contribution in [0, 0.1) is 32.8 Å². The maximum Gasteiger partial charge on any atom is 0.340 e. The van der Waals surface area contributed by atoms with E-state index < -0.39 is 34.3 Å². The highest BCUT2D eigenvalue weighted by molar-refractivity contribution is 6.33. The number of hydrogen-bond donors (Lipinski definition) is 1. The van der Waals surface area contributed by atoms with E-state index in [4.69, 9.17) is 16.3 Å². The van der Waals surface area contributed by atoms with Crippen molar-refractivity contribution in [3.8, 4) is 0 Å². The van der Waals surface area contributed by atoms with Gasteiger partial charge in [0.2, 0.25) is 5.78 Å². The molecule has 0 heterocycles. The number of ether oxygens (including phenoxy) is 1. The summed E-state index contributed by atoms with van der Waals surface area (Å²) in [5, 5.41) is 22.5. The van der Waals surface area contributed by atoms with Crippen LogP contribution in [0.4, 0.5) is 5.69 Å². The molecule has 0 amide bonds. The average molecular weight is 528 g/mol. The summed E-state index contributed by atoms with van der Waals surface area (Å²) in [6.07, 6.45) is 8.60. The molecule has 0 bridgehead atoms. The molecule has 4 aliphatic rings. The molecule has 196 valence electrons. The van der Waals surface area contributed by atoms with Crippen molar-refractivity contribution in [2.45, 2.75) is 64.4 Å². The standard InChI is InChI=1S/C28H30ClNO7/c1-26-10-7-18(31)13-16(26)3-5-19-21(26)8-11-27(2)22(19)9-12-28(27,34)24(32)15-37-25(33)20-6-4-17(30(35)36)14-23(20)29/h4,6,8,13-14,19,22,34H,3,5,7,9-12,15H2,1-2H3/t19-,22-,26+,27-,28+/m1/s1. The first-order valence-corrected chi connectivity index (χ1v) is 13.1. The molecule has 1 N–H and O–H groups in total. The van der Waals surface area contributed by atoms with E-state index in [9.17, 15) is 29.6 Å². The molecular weight excluding hydrogens is 498 g/mol. The van der Waals surface area contributed by atoms with Gasteiger partial charge in [0, 0.05) is 29.4 Å². The van der Waals surface area contributed by atoms with E-state index >= 15 is 0 Å². The zero-order valence-corrected chi connectivity index (χ0v) is 21.7. The number of non-ortho nitro benzene ring substituents is 1. The molecule has 8 nitrogen and oxygen atoms in total. The Morgan fingerprint density at radius 1 is 1.22 bits per heavy atom. The SMILES string of the molecule is C[C@]12CCC(=O)C=C1CC[C@@H]1C2=CC[C@]2(C)[C@@H]1CC[C@]2(O)C(=O)COC(=O)c1ccc([N+](=O)[O-])cc1Cl. The van der Waals surface area contributed by atoms with Gasteiger partial charge in [-0.1, -0.05) is 42.7 Å². The van der Waals surface area contributed by atoms with Crippen LogP contribution in [-0.2, 0) is 14.3 Å². The molecule has 9 heteroatoms. The molecule has 0 radical (unpaired) electrons. The molecule has 0 aliphatic heterocycles. The lowest BCUT2D eigenvalue weighted by Crippen LogP contribution is -2.55. The Morgan fingerprint density at radius 3 is 2.68 bits per heavy atom. The molecule has 0 saturated heterocycles. The Kier molecular flexibility index (Phi) is 6.19. The number of benzene rings is 1. The number of hydrogen-bond acceptors (Lipinski definition) is 7. The number of carbonyl (C=O) groups excluding carboxylic acids is 3. The number of aliphatic hydroxyl groups is 1. The molecule has 0 unspecified atom stereocenters. The van der Waals surface area contributed by atoms with Crippen molar-refractivity contribution >= 4 is 34.8 Å². The number of esters is 1. The number of rotatable bonds is 5. The Labute approximate surface area is 219 Å². The van der Waals surface area contributed by atoms with Crippen molar-refractivity contribution in [2.75, 3.05) is 6.61 Å². The van der Waals surface area contributed by atoms with Gasteiger partial charge >= 0.3 is 5.97 Å². The summed E-state index contributed by atoms with van der Waals surface area (Å²) in [4.78, 5) is 48.2. The second kappa shape index (κ2) is 8.88. The Balaban J connectivity index is 1.34. The lowest BCUT2D eigenvalue weighted by molar-refractivity contribution is -0.384. The number of halogens is 1. The largest absolute Gasteiger partial charge is 0.454 e. The maximum absolute atomic E-state index is 13.4. The molecule has 4 aliphatic carbocycles.